The van der Waals surface area contributed by atoms with Crippen LogP contribution in [0.5, 0.6) is 0 Å². The van der Waals surface area contributed by atoms with Crippen molar-refractivity contribution in [3.63, 3.8) is 0 Å². The molecule has 0 heterocycles. The van der Waals surface area contributed by atoms with E-state index in [1.165, 1.54) is 0 Å². The van der Waals surface area contributed by atoms with Crippen LogP contribution in [0.15, 0.2) is 48.5 Å². The second-order valence-electron chi connectivity index (χ2n) is 4.93. The molecule has 1 radical (unpaired) electrons. The van der Waals surface area contributed by atoms with Crippen LogP contribution in [0.2, 0.25) is 0 Å². The van der Waals surface area contributed by atoms with Crippen LogP contribution in [0.4, 0.5) is 0 Å². The summed E-state index contributed by atoms with van der Waals surface area (Å²) in [5.74, 6) is 6.12. The lowest BCUT2D eigenvalue weighted by Gasteiger charge is -2.09. The third-order valence-corrected chi connectivity index (χ3v) is 3.10. The van der Waals surface area contributed by atoms with Gasteiger partial charge in [0, 0.05) is 16.7 Å². The molecule has 2 aromatic rings. The van der Waals surface area contributed by atoms with Crippen molar-refractivity contribution < 1.29 is 14.6 Å². The third-order valence-electron chi connectivity index (χ3n) is 3.10. The van der Waals surface area contributed by atoms with Crippen molar-refractivity contribution in [2.45, 2.75) is 19.6 Å². The Labute approximate surface area is 130 Å². The molecule has 3 heteroatoms. The van der Waals surface area contributed by atoms with Gasteiger partial charge in [-0.15, -0.1) is 0 Å². The zero-order chi connectivity index (χ0) is 15.8. The van der Waals surface area contributed by atoms with Crippen LogP contribution in [0.1, 0.15) is 29.2 Å². The van der Waals surface area contributed by atoms with E-state index in [1.54, 1.807) is 24.3 Å². The Balaban J connectivity index is 1.99. The van der Waals surface area contributed by atoms with E-state index in [2.05, 4.69) is 11.8 Å². The first-order valence-corrected chi connectivity index (χ1v) is 7.03. The summed E-state index contributed by atoms with van der Waals surface area (Å²) < 4.78 is 5.45. The fourth-order valence-corrected chi connectivity index (χ4v) is 1.74. The average molecular weight is 293 g/mol. The van der Waals surface area contributed by atoms with Crippen LogP contribution in [0, 0.1) is 11.8 Å². The molecule has 0 unspecified atom stereocenters. The van der Waals surface area contributed by atoms with E-state index in [-0.39, 0.29) is 12.7 Å². The fraction of sp³-hybridized carbons (Fsp3) is 0.211. The number of ether oxygens (including phenoxy) is 1. The van der Waals surface area contributed by atoms with Gasteiger partial charge in [0.05, 0.1) is 19.3 Å². The quantitative estimate of drug-likeness (QED) is 0.861. The second-order valence-corrected chi connectivity index (χ2v) is 4.93. The first-order chi connectivity index (χ1) is 10.7. The number of hydrogen-bond acceptors (Lipinski definition) is 3. The average Bonchev–Trinajstić information content (AvgIpc) is 2.59. The first kappa shape index (κ1) is 16.0. The SMILES string of the molecule is C[C@@H](CO)OCc1ccc(C#Cc2ccc([C]=O)cc2)cc1. The van der Waals surface area contributed by atoms with Gasteiger partial charge in [0.2, 0.25) is 6.29 Å². The molecule has 0 bridgehead atoms. The van der Waals surface area contributed by atoms with Gasteiger partial charge in [0.25, 0.3) is 0 Å². The molecule has 0 fully saturated rings. The molecule has 0 aliphatic carbocycles. The largest absolute Gasteiger partial charge is 0.394 e. The number of carbonyl (C=O) groups excluding carboxylic acids is 1. The van der Waals surface area contributed by atoms with Gasteiger partial charge in [-0.1, -0.05) is 24.0 Å². The van der Waals surface area contributed by atoms with Gasteiger partial charge in [0.1, 0.15) is 0 Å². The van der Waals surface area contributed by atoms with Crippen molar-refractivity contribution in [3.8, 4) is 11.8 Å². The van der Waals surface area contributed by atoms with Crippen LogP contribution in [0.25, 0.3) is 0 Å². The molecule has 1 atom stereocenters. The van der Waals surface area contributed by atoms with E-state index in [1.807, 2.05) is 37.5 Å². The molecule has 0 saturated carbocycles. The highest BCUT2D eigenvalue weighted by molar-refractivity contribution is 5.75. The second kappa shape index (κ2) is 8.14. The molecule has 0 spiro atoms. The van der Waals surface area contributed by atoms with E-state index in [4.69, 9.17) is 9.84 Å². The highest BCUT2D eigenvalue weighted by atomic mass is 16.5. The molecule has 0 aliphatic heterocycles. The zero-order valence-electron chi connectivity index (χ0n) is 12.4. The Morgan fingerprint density at radius 1 is 0.955 bits per heavy atom. The summed E-state index contributed by atoms with van der Waals surface area (Å²) in [6, 6.07) is 14.8. The van der Waals surface area contributed by atoms with Gasteiger partial charge < -0.3 is 9.84 Å². The minimum Gasteiger partial charge on any atom is -0.394 e. The van der Waals surface area contributed by atoms with Gasteiger partial charge >= 0.3 is 0 Å². The fourth-order valence-electron chi connectivity index (χ4n) is 1.74. The highest BCUT2D eigenvalue weighted by Crippen LogP contribution is 2.07. The molecule has 2 rings (SSSR count). The van der Waals surface area contributed by atoms with Crippen molar-refractivity contribution in [1.29, 1.82) is 0 Å². The molecule has 22 heavy (non-hydrogen) atoms. The Bertz CT molecular complexity index is 661. The summed E-state index contributed by atoms with van der Waals surface area (Å²) in [4.78, 5) is 10.5. The first-order valence-electron chi connectivity index (χ1n) is 7.03. The topological polar surface area (TPSA) is 46.5 Å². The van der Waals surface area contributed by atoms with Crippen LogP contribution >= 0.6 is 0 Å². The van der Waals surface area contributed by atoms with Crippen molar-refractivity contribution in [1.82, 2.24) is 0 Å². The molecule has 1 N–H and O–H groups in total. The summed E-state index contributed by atoms with van der Waals surface area (Å²) in [5, 5.41) is 8.90. The molecule has 0 aromatic heterocycles. The van der Waals surface area contributed by atoms with Crippen molar-refractivity contribution in [2.75, 3.05) is 6.61 Å². The Hall–Kier alpha value is -2.41. The van der Waals surface area contributed by atoms with Crippen molar-refractivity contribution in [3.05, 3.63) is 70.8 Å². The zero-order valence-corrected chi connectivity index (χ0v) is 12.4. The molecule has 111 valence electrons. The Kier molecular flexibility index (Phi) is 5.91. The highest BCUT2D eigenvalue weighted by Gasteiger charge is 2.00. The minimum atomic E-state index is -0.161. The van der Waals surface area contributed by atoms with Gasteiger partial charge in [0.15, 0.2) is 0 Å². The summed E-state index contributed by atoms with van der Waals surface area (Å²) >= 11 is 0. The Morgan fingerprint density at radius 3 is 1.95 bits per heavy atom. The lowest BCUT2D eigenvalue weighted by Crippen LogP contribution is -2.12. The summed E-state index contributed by atoms with van der Waals surface area (Å²) in [6.07, 6.45) is 1.67. The van der Waals surface area contributed by atoms with E-state index < -0.39 is 0 Å². The predicted octanol–water partition coefficient (Wildman–Crippen LogP) is 2.44. The molecular weight excluding hydrogens is 276 g/mol. The van der Waals surface area contributed by atoms with Gasteiger partial charge in [-0.2, -0.15) is 0 Å². The Morgan fingerprint density at radius 2 is 1.45 bits per heavy atom. The summed E-state index contributed by atoms with van der Waals surface area (Å²) in [7, 11) is 0. The maximum Gasteiger partial charge on any atom is 0.233 e. The van der Waals surface area contributed by atoms with Crippen LogP contribution in [0.3, 0.4) is 0 Å². The number of hydrogen-bond donors (Lipinski definition) is 1. The van der Waals surface area contributed by atoms with Crippen LogP contribution in [-0.4, -0.2) is 24.1 Å². The van der Waals surface area contributed by atoms with Gasteiger partial charge in [-0.3, -0.25) is 4.79 Å². The maximum absolute atomic E-state index is 10.5. The molecule has 0 amide bonds. The van der Waals surface area contributed by atoms with Crippen molar-refractivity contribution in [2.24, 2.45) is 0 Å². The summed E-state index contributed by atoms with van der Waals surface area (Å²) in [6.45, 7) is 2.32. The number of benzene rings is 2. The predicted molar refractivity (Wildman–Crippen MR) is 85.0 cm³/mol. The monoisotopic (exact) mass is 293 g/mol. The van der Waals surface area contributed by atoms with Crippen molar-refractivity contribution >= 4 is 6.29 Å². The number of rotatable bonds is 5. The standard InChI is InChI=1S/C19H17O3/c1-15(12-20)22-14-19-10-6-17(7-11-19)3-2-16-4-8-18(13-21)9-5-16/h4-11,15,20H,12,14H2,1H3/t15-/m0/s1. The lowest BCUT2D eigenvalue weighted by molar-refractivity contribution is 0.0145. The van der Waals surface area contributed by atoms with Gasteiger partial charge in [-0.05, 0) is 48.9 Å². The molecular formula is C19H17O3. The van der Waals surface area contributed by atoms with E-state index in [9.17, 15) is 4.79 Å². The number of aliphatic hydroxyl groups excluding tert-OH is 1. The molecule has 2 aromatic carbocycles. The van der Waals surface area contributed by atoms with Crippen LogP contribution in [-0.2, 0) is 16.1 Å². The normalized spacial score (nSPS) is 11.4. The van der Waals surface area contributed by atoms with E-state index in [0.717, 1.165) is 16.7 Å². The van der Waals surface area contributed by atoms with Crippen LogP contribution < -0.4 is 0 Å². The number of aliphatic hydroxyl groups is 1. The van der Waals surface area contributed by atoms with E-state index in [0.29, 0.717) is 12.2 Å². The van der Waals surface area contributed by atoms with E-state index >= 15 is 0 Å². The minimum absolute atomic E-state index is 0.0181. The molecule has 0 saturated heterocycles. The lowest BCUT2D eigenvalue weighted by atomic mass is 10.1. The molecule has 3 nitrogen and oxygen atoms in total. The smallest absolute Gasteiger partial charge is 0.233 e. The maximum atomic E-state index is 10.5. The molecule has 0 aliphatic rings. The van der Waals surface area contributed by atoms with Gasteiger partial charge in [-0.25, -0.2) is 0 Å². The third kappa shape index (κ3) is 4.85. The summed E-state index contributed by atoms with van der Waals surface area (Å²) in [5.41, 5.74) is 3.32.